The molecule has 0 aliphatic heterocycles. The first-order valence-corrected chi connectivity index (χ1v) is 6.58. The molecule has 0 saturated carbocycles. The van der Waals surface area contributed by atoms with Crippen LogP contribution in [-0.2, 0) is 9.47 Å². The lowest BCUT2D eigenvalue weighted by atomic mass is 10.2. The zero-order valence-electron chi connectivity index (χ0n) is 10.5. The predicted octanol–water partition coefficient (Wildman–Crippen LogP) is 3.54. The first kappa shape index (κ1) is 14.5. The quantitative estimate of drug-likeness (QED) is 0.721. The highest BCUT2D eigenvalue weighted by molar-refractivity contribution is 9.10. The number of hydrogen-bond donors (Lipinski definition) is 0. The molecule has 0 N–H and O–H groups in total. The fraction of sp³-hybridized carbons (Fsp3) is 0.538. The summed E-state index contributed by atoms with van der Waals surface area (Å²) in [6, 6.07) is 5.90. The fourth-order valence-corrected chi connectivity index (χ4v) is 1.70. The molecule has 17 heavy (non-hydrogen) atoms. The topological polar surface area (TPSA) is 27.7 Å². The average Bonchev–Trinajstić information content (AvgIpc) is 2.31. The Hall–Kier alpha value is -0.580. The highest BCUT2D eigenvalue weighted by Crippen LogP contribution is 2.22. The van der Waals surface area contributed by atoms with E-state index in [1.807, 2.05) is 39.0 Å². The molecule has 0 spiro atoms. The lowest BCUT2D eigenvalue weighted by Crippen LogP contribution is -2.25. The molecular weight excluding hydrogens is 284 g/mol. The first-order chi connectivity index (χ1) is 8.17. The number of rotatable bonds is 7. The molecule has 1 aromatic carbocycles. The SMILES string of the molecule is CCOC(COc1ccc(C)c(Br)c1)OCC. The van der Waals surface area contributed by atoms with E-state index < -0.39 is 0 Å². The molecule has 3 nitrogen and oxygen atoms in total. The number of benzene rings is 1. The van der Waals surface area contributed by atoms with Gasteiger partial charge in [0.2, 0.25) is 0 Å². The molecule has 4 heteroatoms. The Bertz CT molecular complexity index is 335. The summed E-state index contributed by atoms with van der Waals surface area (Å²) >= 11 is 3.47. The van der Waals surface area contributed by atoms with Gasteiger partial charge >= 0.3 is 0 Å². The van der Waals surface area contributed by atoms with Crippen LogP contribution in [0.5, 0.6) is 5.75 Å². The van der Waals surface area contributed by atoms with Crippen molar-refractivity contribution >= 4 is 15.9 Å². The summed E-state index contributed by atoms with van der Waals surface area (Å²) in [5.41, 5.74) is 1.18. The normalized spacial score (nSPS) is 10.9. The summed E-state index contributed by atoms with van der Waals surface area (Å²) in [7, 11) is 0. The van der Waals surface area contributed by atoms with E-state index in [0.717, 1.165) is 10.2 Å². The average molecular weight is 303 g/mol. The molecule has 96 valence electrons. The Kier molecular flexibility index (Phi) is 6.55. The third-order valence-corrected chi connectivity index (χ3v) is 3.09. The van der Waals surface area contributed by atoms with E-state index in [1.165, 1.54) is 5.56 Å². The number of ether oxygens (including phenoxy) is 3. The van der Waals surface area contributed by atoms with Crippen molar-refractivity contribution in [3.63, 3.8) is 0 Å². The van der Waals surface area contributed by atoms with Crippen LogP contribution in [0.2, 0.25) is 0 Å². The zero-order chi connectivity index (χ0) is 12.7. The van der Waals surface area contributed by atoms with Crippen molar-refractivity contribution in [2.75, 3.05) is 19.8 Å². The Morgan fingerprint density at radius 1 is 1.18 bits per heavy atom. The molecule has 0 fully saturated rings. The molecule has 0 unspecified atom stereocenters. The number of aryl methyl sites for hydroxylation is 1. The van der Waals surface area contributed by atoms with Gasteiger partial charge in [0.05, 0.1) is 0 Å². The molecule has 1 aromatic rings. The van der Waals surface area contributed by atoms with E-state index in [-0.39, 0.29) is 6.29 Å². The predicted molar refractivity (Wildman–Crippen MR) is 71.4 cm³/mol. The van der Waals surface area contributed by atoms with Crippen molar-refractivity contribution in [3.05, 3.63) is 28.2 Å². The van der Waals surface area contributed by atoms with Gasteiger partial charge < -0.3 is 14.2 Å². The lowest BCUT2D eigenvalue weighted by molar-refractivity contribution is -0.152. The van der Waals surface area contributed by atoms with Crippen LogP contribution < -0.4 is 4.74 Å². The van der Waals surface area contributed by atoms with Crippen LogP contribution >= 0.6 is 15.9 Å². The van der Waals surface area contributed by atoms with Crippen LogP contribution in [0.25, 0.3) is 0 Å². The second-order valence-corrected chi connectivity index (χ2v) is 4.42. The molecule has 0 radical (unpaired) electrons. The molecule has 0 atom stereocenters. The maximum absolute atomic E-state index is 5.63. The second kappa shape index (κ2) is 7.69. The number of halogens is 1. The third-order valence-electron chi connectivity index (χ3n) is 2.23. The van der Waals surface area contributed by atoms with Gasteiger partial charge in [-0.1, -0.05) is 22.0 Å². The minimum atomic E-state index is -0.301. The number of hydrogen-bond acceptors (Lipinski definition) is 3. The van der Waals surface area contributed by atoms with Gasteiger partial charge in [-0.15, -0.1) is 0 Å². The minimum Gasteiger partial charge on any atom is -0.488 e. The second-order valence-electron chi connectivity index (χ2n) is 3.56. The van der Waals surface area contributed by atoms with E-state index in [1.54, 1.807) is 0 Å². The van der Waals surface area contributed by atoms with E-state index >= 15 is 0 Å². The van der Waals surface area contributed by atoms with E-state index in [9.17, 15) is 0 Å². The summed E-state index contributed by atoms with van der Waals surface area (Å²) in [5.74, 6) is 0.812. The maximum Gasteiger partial charge on any atom is 0.191 e. The Morgan fingerprint density at radius 3 is 2.35 bits per heavy atom. The van der Waals surface area contributed by atoms with Crippen molar-refractivity contribution < 1.29 is 14.2 Å². The van der Waals surface area contributed by atoms with Crippen molar-refractivity contribution in [3.8, 4) is 5.75 Å². The highest BCUT2D eigenvalue weighted by atomic mass is 79.9. The van der Waals surface area contributed by atoms with Crippen LogP contribution in [-0.4, -0.2) is 26.1 Å². The molecule has 0 bridgehead atoms. The minimum absolute atomic E-state index is 0.301. The van der Waals surface area contributed by atoms with Crippen LogP contribution in [0.15, 0.2) is 22.7 Å². The summed E-state index contributed by atoms with van der Waals surface area (Å²) in [6.07, 6.45) is -0.301. The van der Waals surface area contributed by atoms with Crippen molar-refractivity contribution in [2.24, 2.45) is 0 Å². The Morgan fingerprint density at radius 2 is 1.82 bits per heavy atom. The molecule has 0 saturated heterocycles. The van der Waals surface area contributed by atoms with Crippen molar-refractivity contribution in [1.29, 1.82) is 0 Å². The summed E-state index contributed by atoms with van der Waals surface area (Å²) < 4.78 is 17.5. The van der Waals surface area contributed by atoms with Gasteiger partial charge in [0.15, 0.2) is 6.29 Å². The first-order valence-electron chi connectivity index (χ1n) is 5.79. The van der Waals surface area contributed by atoms with Crippen LogP contribution in [0.4, 0.5) is 0 Å². The van der Waals surface area contributed by atoms with Crippen molar-refractivity contribution in [2.45, 2.75) is 27.1 Å². The maximum atomic E-state index is 5.63. The standard InChI is InChI=1S/C13H19BrO3/c1-4-15-13(16-5-2)9-17-11-7-6-10(3)12(14)8-11/h6-8,13H,4-5,9H2,1-3H3. The highest BCUT2D eigenvalue weighted by Gasteiger charge is 2.09. The van der Waals surface area contributed by atoms with Gasteiger partial charge in [-0.2, -0.15) is 0 Å². The largest absolute Gasteiger partial charge is 0.488 e. The third kappa shape index (κ3) is 5.06. The van der Waals surface area contributed by atoms with Crippen molar-refractivity contribution in [1.82, 2.24) is 0 Å². The molecule has 0 aromatic heterocycles. The smallest absolute Gasteiger partial charge is 0.191 e. The van der Waals surface area contributed by atoms with E-state index in [2.05, 4.69) is 15.9 Å². The molecule has 0 heterocycles. The van der Waals surface area contributed by atoms with E-state index in [0.29, 0.717) is 19.8 Å². The van der Waals surface area contributed by atoms with Crippen LogP contribution in [0, 0.1) is 6.92 Å². The Balaban J connectivity index is 2.49. The van der Waals surface area contributed by atoms with Gasteiger partial charge in [0.25, 0.3) is 0 Å². The summed E-state index contributed by atoms with van der Waals surface area (Å²) in [6.45, 7) is 7.55. The lowest BCUT2D eigenvalue weighted by Gasteiger charge is -2.17. The summed E-state index contributed by atoms with van der Waals surface area (Å²) in [5, 5.41) is 0. The van der Waals surface area contributed by atoms with Crippen LogP contribution in [0.1, 0.15) is 19.4 Å². The monoisotopic (exact) mass is 302 g/mol. The molecular formula is C13H19BrO3. The molecule has 0 aliphatic carbocycles. The van der Waals surface area contributed by atoms with Gasteiger partial charge in [-0.05, 0) is 38.5 Å². The van der Waals surface area contributed by atoms with E-state index in [4.69, 9.17) is 14.2 Å². The fourth-order valence-electron chi connectivity index (χ4n) is 1.34. The molecule has 0 amide bonds. The van der Waals surface area contributed by atoms with Gasteiger partial charge in [0, 0.05) is 17.7 Å². The Labute approximate surface area is 111 Å². The van der Waals surface area contributed by atoms with Crippen LogP contribution in [0.3, 0.4) is 0 Å². The van der Waals surface area contributed by atoms with Gasteiger partial charge in [0.1, 0.15) is 12.4 Å². The van der Waals surface area contributed by atoms with Gasteiger partial charge in [-0.25, -0.2) is 0 Å². The molecule has 1 rings (SSSR count). The zero-order valence-corrected chi connectivity index (χ0v) is 12.1. The summed E-state index contributed by atoms with van der Waals surface area (Å²) in [4.78, 5) is 0. The molecule has 0 aliphatic rings. The van der Waals surface area contributed by atoms with Gasteiger partial charge in [-0.3, -0.25) is 0 Å².